The van der Waals surface area contributed by atoms with Crippen molar-refractivity contribution in [1.82, 2.24) is 5.32 Å². The molecule has 1 rings (SSSR count). The Labute approximate surface area is 86.2 Å². The van der Waals surface area contributed by atoms with E-state index in [1.807, 2.05) is 0 Å². The van der Waals surface area contributed by atoms with Crippen LogP contribution in [0.15, 0.2) is 0 Å². The molecule has 3 heteroatoms. The normalized spacial score (nSPS) is 32.9. The number of piperidine rings is 1. The first-order valence-corrected chi connectivity index (χ1v) is 5.42. The second-order valence-corrected chi connectivity index (χ2v) is 4.14. The molecule has 0 spiro atoms. The van der Waals surface area contributed by atoms with Gasteiger partial charge < -0.3 is 10.1 Å². The van der Waals surface area contributed by atoms with Crippen molar-refractivity contribution in [2.45, 2.75) is 39.2 Å². The summed E-state index contributed by atoms with van der Waals surface area (Å²) >= 11 is 0. The van der Waals surface area contributed by atoms with Crippen LogP contribution in [-0.4, -0.2) is 32.1 Å². The van der Waals surface area contributed by atoms with Crippen LogP contribution >= 0.6 is 0 Å². The Bertz CT molecular complexity index is 201. The van der Waals surface area contributed by atoms with E-state index in [0.29, 0.717) is 0 Å². The largest absolute Gasteiger partial charge is 0.379 e. The second kappa shape index (κ2) is 4.89. The number of Topliss-reactive ketones (excluding diaryl/α,β-unsaturated/α-hetero) is 1. The average Bonchev–Trinajstić information content (AvgIpc) is 2.18. The van der Waals surface area contributed by atoms with E-state index < -0.39 is 0 Å². The molecule has 3 nitrogen and oxygen atoms in total. The number of methoxy groups -OCH3 is 1. The highest BCUT2D eigenvalue weighted by Crippen LogP contribution is 2.36. The molecule has 0 bridgehead atoms. The summed E-state index contributed by atoms with van der Waals surface area (Å²) in [4.78, 5) is 11.8. The topological polar surface area (TPSA) is 38.3 Å². The first-order chi connectivity index (χ1) is 6.67. The Morgan fingerprint density at radius 3 is 2.86 bits per heavy atom. The summed E-state index contributed by atoms with van der Waals surface area (Å²) in [5.74, 6) is 0.285. The molecule has 1 heterocycles. The van der Waals surface area contributed by atoms with E-state index in [1.54, 1.807) is 14.0 Å². The molecule has 14 heavy (non-hydrogen) atoms. The monoisotopic (exact) mass is 199 g/mol. The van der Waals surface area contributed by atoms with E-state index >= 15 is 0 Å². The van der Waals surface area contributed by atoms with Crippen molar-refractivity contribution in [2.24, 2.45) is 5.41 Å². The van der Waals surface area contributed by atoms with Crippen LogP contribution in [0.1, 0.15) is 33.1 Å². The van der Waals surface area contributed by atoms with Crippen molar-refractivity contribution in [3.05, 3.63) is 0 Å². The number of hydrogen-bond acceptors (Lipinski definition) is 3. The SMILES string of the molecule is CCCC1(C(C)=O)CCNCC1OC. The van der Waals surface area contributed by atoms with Crippen LogP contribution in [0.4, 0.5) is 0 Å². The third kappa shape index (κ3) is 1.98. The lowest BCUT2D eigenvalue weighted by Crippen LogP contribution is -2.53. The number of rotatable bonds is 4. The minimum Gasteiger partial charge on any atom is -0.379 e. The molecule has 0 aromatic rings. The van der Waals surface area contributed by atoms with Gasteiger partial charge in [-0.1, -0.05) is 13.3 Å². The third-order valence-corrected chi connectivity index (χ3v) is 3.38. The van der Waals surface area contributed by atoms with Crippen molar-refractivity contribution < 1.29 is 9.53 Å². The van der Waals surface area contributed by atoms with E-state index in [1.165, 1.54) is 0 Å². The van der Waals surface area contributed by atoms with Crippen LogP contribution < -0.4 is 5.32 Å². The van der Waals surface area contributed by atoms with Gasteiger partial charge in [-0.3, -0.25) is 4.79 Å². The smallest absolute Gasteiger partial charge is 0.138 e. The van der Waals surface area contributed by atoms with Gasteiger partial charge in [0, 0.05) is 13.7 Å². The minimum atomic E-state index is -0.227. The van der Waals surface area contributed by atoms with Crippen molar-refractivity contribution in [2.75, 3.05) is 20.2 Å². The number of nitrogens with one attached hydrogen (secondary N) is 1. The van der Waals surface area contributed by atoms with E-state index in [9.17, 15) is 4.79 Å². The van der Waals surface area contributed by atoms with Crippen LogP contribution in [0, 0.1) is 5.41 Å². The minimum absolute atomic E-state index is 0.0497. The van der Waals surface area contributed by atoms with Gasteiger partial charge in [-0.25, -0.2) is 0 Å². The van der Waals surface area contributed by atoms with E-state index in [-0.39, 0.29) is 17.3 Å². The van der Waals surface area contributed by atoms with Crippen LogP contribution in [0.25, 0.3) is 0 Å². The molecule has 0 radical (unpaired) electrons. The lowest BCUT2D eigenvalue weighted by molar-refractivity contribution is -0.139. The van der Waals surface area contributed by atoms with E-state index in [2.05, 4.69) is 12.2 Å². The molecule has 82 valence electrons. The fourth-order valence-corrected chi connectivity index (χ4v) is 2.52. The number of ether oxygens (including phenoxy) is 1. The van der Waals surface area contributed by atoms with Gasteiger partial charge >= 0.3 is 0 Å². The van der Waals surface area contributed by atoms with Gasteiger partial charge in [0.25, 0.3) is 0 Å². The van der Waals surface area contributed by atoms with Gasteiger partial charge in [0.1, 0.15) is 5.78 Å². The van der Waals surface area contributed by atoms with Crippen LogP contribution in [0.2, 0.25) is 0 Å². The molecule has 1 saturated heterocycles. The quantitative estimate of drug-likeness (QED) is 0.743. The maximum atomic E-state index is 11.8. The Balaban J connectivity index is 2.84. The Morgan fingerprint density at radius 1 is 1.64 bits per heavy atom. The number of hydrogen-bond donors (Lipinski definition) is 1. The molecule has 1 N–H and O–H groups in total. The molecule has 2 unspecified atom stereocenters. The number of carbonyl (C=O) groups is 1. The van der Waals surface area contributed by atoms with E-state index in [0.717, 1.165) is 32.4 Å². The van der Waals surface area contributed by atoms with E-state index in [4.69, 9.17) is 4.74 Å². The predicted octanol–water partition coefficient (Wildman–Crippen LogP) is 1.37. The standard InChI is InChI=1S/C11H21NO2/c1-4-5-11(9(2)13)6-7-12-8-10(11)14-3/h10,12H,4-8H2,1-3H3. The highest BCUT2D eigenvalue weighted by molar-refractivity contribution is 5.83. The zero-order valence-electron chi connectivity index (χ0n) is 9.43. The van der Waals surface area contributed by atoms with Crippen molar-refractivity contribution in [1.29, 1.82) is 0 Å². The van der Waals surface area contributed by atoms with Gasteiger partial charge in [0.15, 0.2) is 0 Å². The zero-order valence-corrected chi connectivity index (χ0v) is 9.43. The Hall–Kier alpha value is -0.410. The highest BCUT2D eigenvalue weighted by Gasteiger charge is 2.44. The van der Waals surface area contributed by atoms with Crippen LogP contribution in [0.5, 0.6) is 0 Å². The molecular weight excluding hydrogens is 178 g/mol. The maximum Gasteiger partial charge on any atom is 0.138 e. The summed E-state index contributed by atoms with van der Waals surface area (Å²) in [5, 5.41) is 3.28. The summed E-state index contributed by atoms with van der Waals surface area (Å²) in [6.45, 7) is 5.56. The zero-order chi connectivity index (χ0) is 10.6. The molecule has 1 aliphatic heterocycles. The van der Waals surface area contributed by atoms with Gasteiger partial charge in [0.2, 0.25) is 0 Å². The predicted molar refractivity (Wildman–Crippen MR) is 56.3 cm³/mol. The number of ketones is 1. The fraction of sp³-hybridized carbons (Fsp3) is 0.909. The summed E-state index contributed by atoms with van der Waals surface area (Å²) in [6, 6.07) is 0. The first-order valence-electron chi connectivity index (χ1n) is 5.42. The van der Waals surface area contributed by atoms with Crippen molar-refractivity contribution in [3.8, 4) is 0 Å². The summed E-state index contributed by atoms with van der Waals surface area (Å²) in [7, 11) is 1.70. The van der Waals surface area contributed by atoms with Crippen molar-refractivity contribution >= 4 is 5.78 Å². The molecule has 0 amide bonds. The summed E-state index contributed by atoms with van der Waals surface area (Å²) in [6.07, 6.45) is 2.95. The molecular formula is C11H21NO2. The average molecular weight is 199 g/mol. The Kier molecular flexibility index (Phi) is 4.08. The first kappa shape index (κ1) is 11.7. The van der Waals surface area contributed by atoms with Gasteiger partial charge in [-0.2, -0.15) is 0 Å². The van der Waals surface area contributed by atoms with Gasteiger partial charge in [0.05, 0.1) is 11.5 Å². The van der Waals surface area contributed by atoms with Crippen molar-refractivity contribution in [3.63, 3.8) is 0 Å². The second-order valence-electron chi connectivity index (χ2n) is 4.14. The maximum absolute atomic E-state index is 11.8. The fourth-order valence-electron chi connectivity index (χ4n) is 2.52. The molecule has 0 aromatic carbocycles. The lowest BCUT2D eigenvalue weighted by atomic mass is 9.70. The molecule has 2 atom stereocenters. The third-order valence-electron chi connectivity index (χ3n) is 3.38. The lowest BCUT2D eigenvalue weighted by Gasteiger charge is -2.41. The summed E-state index contributed by atoms with van der Waals surface area (Å²) < 4.78 is 5.44. The molecule has 0 aromatic heterocycles. The Morgan fingerprint density at radius 2 is 2.36 bits per heavy atom. The van der Waals surface area contributed by atoms with Crippen LogP contribution in [-0.2, 0) is 9.53 Å². The van der Waals surface area contributed by atoms with Crippen LogP contribution in [0.3, 0.4) is 0 Å². The number of carbonyl (C=O) groups excluding carboxylic acids is 1. The summed E-state index contributed by atoms with van der Waals surface area (Å²) in [5.41, 5.74) is -0.227. The molecule has 0 saturated carbocycles. The highest BCUT2D eigenvalue weighted by atomic mass is 16.5. The van der Waals surface area contributed by atoms with Gasteiger partial charge in [-0.05, 0) is 26.3 Å². The van der Waals surface area contributed by atoms with Gasteiger partial charge in [-0.15, -0.1) is 0 Å². The molecule has 1 fully saturated rings. The molecule has 1 aliphatic rings. The molecule has 0 aliphatic carbocycles.